The molecular formula is C21H31N2O5S+. The van der Waals surface area contributed by atoms with E-state index in [0.29, 0.717) is 17.0 Å². The highest BCUT2D eigenvalue weighted by molar-refractivity contribution is 7.17. The highest BCUT2D eigenvalue weighted by Gasteiger charge is 2.45. The van der Waals surface area contributed by atoms with Crippen molar-refractivity contribution in [3.63, 3.8) is 0 Å². The van der Waals surface area contributed by atoms with E-state index in [9.17, 15) is 14.4 Å². The molecule has 29 heavy (non-hydrogen) atoms. The van der Waals surface area contributed by atoms with Crippen LogP contribution in [0.2, 0.25) is 0 Å². The van der Waals surface area contributed by atoms with Crippen molar-refractivity contribution in [1.82, 2.24) is 0 Å². The number of carbonyl (C=O) groups excluding carboxylic acids is 3. The first kappa shape index (κ1) is 23.1. The maximum atomic E-state index is 12.7. The number of esters is 2. The third-order valence-corrected chi connectivity index (χ3v) is 5.95. The molecule has 160 valence electrons. The normalized spacial score (nSPS) is 16.4. The predicted octanol–water partition coefficient (Wildman–Crippen LogP) is 2.51. The fourth-order valence-corrected chi connectivity index (χ4v) is 5.08. The molecule has 0 unspecified atom stereocenters. The number of hydrogen-bond donors (Lipinski definition) is 2. The van der Waals surface area contributed by atoms with Crippen molar-refractivity contribution in [2.45, 2.75) is 66.0 Å². The van der Waals surface area contributed by atoms with Crippen molar-refractivity contribution in [3.05, 3.63) is 27.7 Å². The van der Waals surface area contributed by atoms with E-state index in [4.69, 9.17) is 9.47 Å². The van der Waals surface area contributed by atoms with Crippen molar-refractivity contribution in [2.75, 3.05) is 18.5 Å². The third kappa shape index (κ3) is 5.67. The van der Waals surface area contributed by atoms with Crippen LogP contribution >= 0.6 is 11.3 Å². The molecule has 2 rings (SSSR count). The lowest BCUT2D eigenvalue weighted by atomic mass is 9.81. The lowest BCUT2D eigenvalue weighted by molar-refractivity contribution is -0.789. The second-order valence-corrected chi connectivity index (χ2v) is 9.76. The molecule has 0 saturated carbocycles. The SMILES string of the molecule is CCOC(=O)c1c(NC(=O)COC(=O)C=C(C)C)sc2c1CC(C)(C)[NH2+]C2(C)C. The first-order valence-corrected chi connectivity index (χ1v) is 10.5. The van der Waals surface area contributed by atoms with E-state index in [1.54, 1.807) is 20.8 Å². The van der Waals surface area contributed by atoms with Crippen LogP contribution in [0.15, 0.2) is 11.6 Å². The van der Waals surface area contributed by atoms with Gasteiger partial charge in [-0.25, -0.2) is 9.59 Å². The van der Waals surface area contributed by atoms with Crippen LogP contribution in [0.4, 0.5) is 5.00 Å². The Kier molecular flexibility index (Phi) is 6.90. The van der Waals surface area contributed by atoms with Gasteiger partial charge in [0, 0.05) is 12.5 Å². The van der Waals surface area contributed by atoms with E-state index in [-0.39, 0.29) is 17.7 Å². The molecular weight excluding hydrogens is 392 g/mol. The number of thiophene rings is 1. The Balaban J connectivity index is 2.33. The number of fused-ring (bicyclic) bond motifs is 1. The van der Waals surface area contributed by atoms with Crippen molar-refractivity contribution >= 4 is 34.2 Å². The van der Waals surface area contributed by atoms with Crippen LogP contribution in [0.5, 0.6) is 0 Å². The van der Waals surface area contributed by atoms with Crippen LogP contribution in [-0.2, 0) is 31.0 Å². The standard InChI is InChI=1S/C21H30N2O5S/c1-8-27-19(26)16-13-10-20(4,5)23-21(6,7)17(13)29-18(16)22-14(24)11-28-15(25)9-12(2)3/h9,23H,8,10-11H2,1-7H3,(H,22,24)/p+1. The zero-order valence-corrected chi connectivity index (χ0v) is 19.0. The van der Waals surface area contributed by atoms with Crippen LogP contribution in [0, 0.1) is 0 Å². The minimum atomic E-state index is -0.575. The Morgan fingerprint density at radius 1 is 1.17 bits per heavy atom. The van der Waals surface area contributed by atoms with E-state index in [2.05, 4.69) is 38.3 Å². The molecule has 0 atom stereocenters. The molecule has 0 bridgehead atoms. The molecule has 1 aromatic rings. The van der Waals surface area contributed by atoms with Crippen LogP contribution in [0.1, 0.15) is 69.3 Å². The minimum absolute atomic E-state index is 0.0972. The molecule has 0 saturated heterocycles. The Morgan fingerprint density at radius 2 is 1.83 bits per heavy atom. The van der Waals surface area contributed by atoms with E-state index < -0.39 is 24.5 Å². The maximum absolute atomic E-state index is 12.7. The summed E-state index contributed by atoms with van der Waals surface area (Å²) < 4.78 is 10.2. The average molecular weight is 424 g/mol. The third-order valence-electron chi connectivity index (χ3n) is 4.46. The monoisotopic (exact) mass is 423 g/mol. The molecule has 8 heteroatoms. The van der Waals surface area contributed by atoms with Gasteiger partial charge in [0.25, 0.3) is 5.91 Å². The van der Waals surface area contributed by atoms with Crippen LogP contribution in [-0.4, -0.2) is 36.6 Å². The number of nitrogens with one attached hydrogen (secondary N) is 1. The van der Waals surface area contributed by atoms with Crippen molar-refractivity contribution in [1.29, 1.82) is 0 Å². The summed E-state index contributed by atoms with van der Waals surface area (Å²) in [6.45, 7) is 13.6. The van der Waals surface area contributed by atoms with Gasteiger partial charge in [0.1, 0.15) is 10.5 Å². The van der Waals surface area contributed by atoms with Gasteiger partial charge in [0.2, 0.25) is 0 Å². The molecule has 1 aromatic heterocycles. The Labute approximate surface area is 175 Å². The Morgan fingerprint density at radius 3 is 2.41 bits per heavy atom. The number of allylic oxidation sites excluding steroid dienone is 1. The quantitative estimate of drug-likeness (QED) is 0.541. The van der Waals surface area contributed by atoms with Gasteiger partial charge < -0.3 is 20.1 Å². The van der Waals surface area contributed by atoms with E-state index in [0.717, 1.165) is 16.0 Å². The predicted molar refractivity (Wildman–Crippen MR) is 112 cm³/mol. The largest absolute Gasteiger partial charge is 0.462 e. The smallest absolute Gasteiger partial charge is 0.341 e. The van der Waals surface area contributed by atoms with Gasteiger partial charge in [-0.2, -0.15) is 0 Å². The number of nitrogens with two attached hydrogens (primary N) is 1. The summed E-state index contributed by atoms with van der Waals surface area (Å²) in [5, 5.41) is 5.47. The zero-order valence-electron chi connectivity index (χ0n) is 18.2. The molecule has 0 spiro atoms. The molecule has 3 N–H and O–H groups in total. The fraction of sp³-hybridized carbons (Fsp3) is 0.571. The molecule has 0 fully saturated rings. The van der Waals surface area contributed by atoms with E-state index in [1.807, 2.05) is 0 Å². The summed E-state index contributed by atoms with van der Waals surface area (Å²) in [7, 11) is 0. The lowest BCUT2D eigenvalue weighted by Crippen LogP contribution is -3.03. The van der Waals surface area contributed by atoms with Crippen molar-refractivity contribution in [3.8, 4) is 0 Å². The zero-order chi connectivity index (χ0) is 22.0. The number of quaternary nitrogens is 1. The number of amides is 1. The molecule has 0 aromatic carbocycles. The Bertz CT molecular complexity index is 847. The van der Waals surface area contributed by atoms with Gasteiger partial charge in [-0.05, 0) is 54.0 Å². The highest BCUT2D eigenvalue weighted by Crippen LogP contribution is 2.42. The minimum Gasteiger partial charge on any atom is -0.462 e. The van der Waals surface area contributed by atoms with Crippen LogP contribution in [0.3, 0.4) is 0 Å². The van der Waals surface area contributed by atoms with Crippen molar-refractivity contribution < 1.29 is 29.2 Å². The van der Waals surface area contributed by atoms with Gasteiger partial charge in [0.05, 0.1) is 22.6 Å². The topological polar surface area (TPSA) is 98.3 Å². The summed E-state index contributed by atoms with van der Waals surface area (Å²) in [6.07, 6.45) is 2.00. The molecule has 0 aliphatic carbocycles. The lowest BCUT2D eigenvalue weighted by Gasteiger charge is -2.38. The summed E-state index contributed by atoms with van der Waals surface area (Å²) in [6, 6.07) is 0. The first-order chi connectivity index (χ1) is 13.4. The van der Waals surface area contributed by atoms with Gasteiger partial charge in [-0.15, -0.1) is 11.3 Å². The van der Waals surface area contributed by atoms with E-state index in [1.165, 1.54) is 17.4 Å². The summed E-state index contributed by atoms with van der Waals surface area (Å²) in [5.41, 5.74) is 1.77. The molecule has 2 heterocycles. The summed E-state index contributed by atoms with van der Waals surface area (Å²) >= 11 is 1.38. The molecule has 1 aliphatic heterocycles. The molecule has 7 nitrogen and oxygen atoms in total. The number of rotatable bonds is 6. The second-order valence-electron chi connectivity index (χ2n) is 8.74. The van der Waals surface area contributed by atoms with Crippen LogP contribution in [0.25, 0.3) is 0 Å². The molecule has 1 aliphatic rings. The summed E-state index contributed by atoms with van der Waals surface area (Å²) in [4.78, 5) is 37.8. The maximum Gasteiger partial charge on any atom is 0.341 e. The number of ether oxygens (including phenoxy) is 2. The van der Waals surface area contributed by atoms with Gasteiger partial charge in [0.15, 0.2) is 6.61 Å². The molecule has 0 radical (unpaired) electrons. The average Bonchev–Trinajstić information content (AvgIpc) is 2.89. The van der Waals surface area contributed by atoms with E-state index >= 15 is 0 Å². The molecule has 1 amide bonds. The van der Waals surface area contributed by atoms with Crippen molar-refractivity contribution in [2.24, 2.45) is 0 Å². The second kappa shape index (κ2) is 8.67. The summed E-state index contributed by atoms with van der Waals surface area (Å²) in [5.74, 6) is -1.52. The Hall–Kier alpha value is -2.19. The number of hydrogen-bond acceptors (Lipinski definition) is 6. The van der Waals surface area contributed by atoms with Gasteiger partial charge >= 0.3 is 11.9 Å². The highest BCUT2D eigenvalue weighted by atomic mass is 32.1. The first-order valence-electron chi connectivity index (χ1n) is 9.68. The number of carbonyl (C=O) groups is 3. The fourth-order valence-electron chi connectivity index (χ4n) is 3.79. The number of anilines is 1. The van der Waals surface area contributed by atoms with Crippen LogP contribution < -0.4 is 10.6 Å². The van der Waals surface area contributed by atoms with Gasteiger partial charge in [-0.3, -0.25) is 4.79 Å². The van der Waals surface area contributed by atoms with Gasteiger partial charge in [-0.1, -0.05) is 5.57 Å².